The van der Waals surface area contributed by atoms with Crippen LogP contribution in [0.4, 0.5) is 0 Å². The Morgan fingerprint density at radius 2 is 1.82 bits per heavy atom. The standard InChI is InChI=1S/C23H28N2O3/c1-16-6-5-7-17(2)22(16)27-15-19(26)14-25-12-10-18(11-13-25)23-24-20-8-3-4-9-21(20)28-23/h3-9,18-19,26H,10-15H2,1-2H3. The molecule has 0 bridgehead atoms. The smallest absolute Gasteiger partial charge is 0.198 e. The third kappa shape index (κ3) is 4.21. The molecule has 2 aromatic carbocycles. The summed E-state index contributed by atoms with van der Waals surface area (Å²) in [4.78, 5) is 6.95. The normalized spacial score (nSPS) is 17.1. The van der Waals surface area contributed by atoms with E-state index in [1.54, 1.807) is 0 Å². The van der Waals surface area contributed by atoms with Crippen LogP contribution >= 0.6 is 0 Å². The molecular weight excluding hydrogens is 352 g/mol. The molecule has 1 aromatic heterocycles. The van der Waals surface area contributed by atoms with Crippen molar-refractivity contribution < 1.29 is 14.3 Å². The number of para-hydroxylation sites is 3. The van der Waals surface area contributed by atoms with Gasteiger partial charge in [-0.05, 0) is 63.0 Å². The van der Waals surface area contributed by atoms with Crippen LogP contribution in [0.15, 0.2) is 46.9 Å². The zero-order valence-electron chi connectivity index (χ0n) is 16.6. The summed E-state index contributed by atoms with van der Waals surface area (Å²) in [6.07, 6.45) is 1.49. The van der Waals surface area contributed by atoms with Crippen LogP contribution in [0, 0.1) is 13.8 Å². The molecular formula is C23H28N2O3. The molecule has 0 aliphatic carbocycles. The quantitative estimate of drug-likeness (QED) is 0.699. The van der Waals surface area contributed by atoms with E-state index in [0.717, 1.165) is 59.8 Å². The first-order valence-electron chi connectivity index (χ1n) is 10.0. The van der Waals surface area contributed by atoms with Crippen molar-refractivity contribution in [3.05, 3.63) is 59.5 Å². The van der Waals surface area contributed by atoms with Gasteiger partial charge >= 0.3 is 0 Å². The van der Waals surface area contributed by atoms with Crippen LogP contribution in [0.25, 0.3) is 11.1 Å². The lowest BCUT2D eigenvalue weighted by atomic mass is 9.96. The fourth-order valence-corrected chi connectivity index (χ4v) is 3.98. The van der Waals surface area contributed by atoms with Crippen molar-refractivity contribution in [2.24, 2.45) is 0 Å². The average Bonchev–Trinajstić information content (AvgIpc) is 3.12. The first-order valence-corrected chi connectivity index (χ1v) is 10.0. The zero-order chi connectivity index (χ0) is 19.5. The Hall–Kier alpha value is -2.37. The van der Waals surface area contributed by atoms with E-state index >= 15 is 0 Å². The van der Waals surface area contributed by atoms with Crippen LogP contribution < -0.4 is 4.74 Å². The van der Waals surface area contributed by atoms with Crippen molar-refractivity contribution in [3.8, 4) is 5.75 Å². The van der Waals surface area contributed by atoms with Crippen LogP contribution in [0.2, 0.25) is 0 Å². The fraction of sp³-hybridized carbons (Fsp3) is 0.435. The maximum atomic E-state index is 10.4. The molecule has 1 fully saturated rings. The van der Waals surface area contributed by atoms with E-state index in [9.17, 15) is 5.11 Å². The van der Waals surface area contributed by atoms with Crippen molar-refractivity contribution in [3.63, 3.8) is 0 Å². The number of aromatic nitrogens is 1. The van der Waals surface area contributed by atoms with E-state index in [-0.39, 0.29) is 0 Å². The number of aliphatic hydroxyl groups is 1. The van der Waals surface area contributed by atoms with Gasteiger partial charge in [-0.1, -0.05) is 30.3 Å². The van der Waals surface area contributed by atoms with Gasteiger partial charge in [0.05, 0.1) is 0 Å². The number of nitrogens with zero attached hydrogens (tertiary/aromatic N) is 2. The van der Waals surface area contributed by atoms with E-state index in [0.29, 0.717) is 19.1 Å². The van der Waals surface area contributed by atoms with Crippen LogP contribution in [-0.4, -0.2) is 47.3 Å². The molecule has 1 aliphatic heterocycles. The van der Waals surface area contributed by atoms with Crippen molar-refractivity contribution >= 4 is 11.1 Å². The molecule has 5 nitrogen and oxygen atoms in total. The van der Waals surface area contributed by atoms with Crippen LogP contribution in [0.1, 0.15) is 35.8 Å². The lowest BCUT2D eigenvalue weighted by Crippen LogP contribution is -2.40. The number of fused-ring (bicyclic) bond motifs is 1. The topological polar surface area (TPSA) is 58.7 Å². The number of benzene rings is 2. The van der Waals surface area contributed by atoms with Gasteiger partial charge in [-0.2, -0.15) is 0 Å². The summed E-state index contributed by atoms with van der Waals surface area (Å²) in [7, 11) is 0. The zero-order valence-corrected chi connectivity index (χ0v) is 16.6. The van der Waals surface area contributed by atoms with Crippen LogP contribution in [-0.2, 0) is 0 Å². The van der Waals surface area contributed by atoms with Gasteiger partial charge in [0, 0.05) is 12.5 Å². The van der Waals surface area contributed by atoms with Gasteiger partial charge in [0.25, 0.3) is 0 Å². The fourth-order valence-electron chi connectivity index (χ4n) is 3.98. The van der Waals surface area contributed by atoms with Crippen LogP contribution in [0.5, 0.6) is 5.75 Å². The number of aliphatic hydroxyl groups excluding tert-OH is 1. The Kier molecular flexibility index (Phi) is 5.64. The molecule has 0 radical (unpaired) electrons. The number of aryl methyl sites for hydroxylation is 2. The number of likely N-dealkylation sites (tertiary alicyclic amines) is 1. The molecule has 1 saturated heterocycles. The van der Waals surface area contributed by atoms with E-state index in [1.807, 2.05) is 56.3 Å². The van der Waals surface area contributed by atoms with Gasteiger partial charge in [0.1, 0.15) is 24.0 Å². The molecule has 28 heavy (non-hydrogen) atoms. The number of hydrogen-bond acceptors (Lipinski definition) is 5. The lowest BCUT2D eigenvalue weighted by Gasteiger charge is -2.31. The van der Waals surface area contributed by atoms with Gasteiger partial charge in [0.2, 0.25) is 0 Å². The van der Waals surface area contributed by atoms with E-state index < -0.39 is 6.10 Å². The maximum Gasteiger partial charge on any atom is 0.198 e. The second-order valence-corrected chi connectivity index (χ2v) is 7.78. The van der Waals surface area contributed by atoms with Crippen molar-refractivity contribution in [1.82, 2.24) is 9.88 Å². The van der Waals surface area contributed by atoms with Gasteiger partial charge in [-0.25, -0.2) is 4.98 Å². The van der Waals surface area contributed by atoms with Crippen molar-refractivity contribution in [1.29, 1.82) is 0 Å². The molecule has 3 aromatic rings. The Labute approximate surface area is 165 Å². The number of rotatable bonds is 6. The summed E-state index contributed by atoms with van der Waals surface area (Å²) in [6.45, 7) is 6.88. The summed E-state index contributed by atoms with van der Waals surface area (Å²) >= 11 is 0. The first-order chi connectivity index (χ1) is 13.6. The molecule has 148 valence electrons. The van der Waals surface area contributed by atoms with Gasteiger partial charge < -0.3 is 19.2 Å². The molecule has 0 spiro atoms. The van der Waals surface area contributed by atoms with Crippen LogP contribution in [0.3, 0.4) is 0 Å². The highest BCUT2D eigenvalue weighted by atomic mass is 16.5. The van der Waals surface area contributed by atoms with Crippen molar-refractivity contribution in [2.45, 2.75) is 38.7 Å². The molecule has 1 N–H and O–H groups in total. The predicted molar refractivity (Wildman–Crippen MR) is 110 cm³/mol. The Morgan fingerprint density at radius 1 is 1.11 bits per heavy atom. The highest BCUT2D eigenvalue weighted by Gasteiger charge is 2.25. The highest BCUT2D eigenvalue weighted by molar-refractivity contribution is 5.72. The molecule has 1 atom stereocenters. The molecule has 0 amide bonds. The minimum absolute atomic E-state index is 0.316. The minimum Gasteiger partial charge on any atom is -0.490 e. The minimum atomic E-state index is -0.500. The third-order valence-corrected chi connectivity index (χ3v) is 5.55. The number of ether oxygens (including phenoxy) is 1. The summed E-state index contributed by atoms with van der Waals surface area (Å²) in [5.74, 6) is 2.09. The maximum absolute atomic E-state index is 10.4. The SMILES string of the molecule is Cc1cccc(C)c1OCC(O)CN1CCC(c2nc3ccccc3o2)CC1. The first kappa shape index (κ1) is 19.0. The second kappa shape index (κ2) is 8.33. The molecule has 5 heteroatoms. The Morgan fingerprint density at radius 3 is 2.54 bits per heavy atom. The number of oxazole rings is 1. The lowest BCUT2D eigenvalue weighted by molar-refractivity contribution is 0.0579. The van der Waals surface area contributed by atoms with E-state index in [2.05, 4.69) is 9.88 Å². The summed E-state index contributed by atoms with van der Waals surface area (Å²) in [5.41, 5.74) is 4.00. The van der Waals surface area contributed by atoms with Gasteiger partial charge in [-0.3, -0.25) is 0 Å². The van der Waals surface area contributed by atoms with Gasteiger partial charge in [-0.15, -0.1) is 0 Å². The number of piperidine rings is 1. The molecule has 1 aliphatic rings. The average molecular weight is 380 g/mol. The molecule has 0 saturated carbocycles. The van der Waals surface area contributed by atoms with Crippen molar-refractivity contribution in [2.75, 3.05) is 26.2 Å². The highest BCUT2D eigenvalue weighted by Crippen LogP contribution is 2.30. The summed E-state index contributed by atoms with van der Waals surface area (Å²) < 4.78 is 11.8. The summed E-state index contributed by atoms with van der Waals surface area (Å²) in [6, 6.07) is 14.0. The monoisotopic (exact) mass is 380 g/mol. The number of β-amino-alcohol motifs (C(OH)–C–C–N with tert-alkyl or cyclic N) is 1. The predicted octanol–water partition coefficient (Wildman–Crippen LogP) is 4.06. The number of hydrogen-bond donors (Lipinski definition) is 1. The molecule has 1 unspecified atom stereocenters. The largest absolute Gasteiger partial charge is 0.490 e. The Balaban J connectivity index is 1.27. The third-order valence-electron chi connectivity index (χ3n) is 5.55. The Bertz CT molecular complexity index is 875. The van der Waals surface area contributed by atoms with E-state index in [1.165, 1.54) is 0 Å². The second-order valence-electron chi connectivity index (χ2n) is 7.78. The van der Waals surface area contributed by atoms with Gasteiger partial charge in [0.15, 0.2) is 11.5 Å². The molecule has 2 heterocycles. The summed E-state index contributed by atoms with van der Waals surface area (Å²) in [5, 5.41) is 10.4. The molecule has 4 rings (SSSR count). The van der Waals surface area contributed by atoms with E-state index in [4.69, 9.17) is 9.15 Å².